The largest absolute Gasteiger partial charge is 0.504 e. The first-order chi connectivity index (χ1) is 8.97. The lowest BCUT2D eigenvalue weighted by atomic mass is 10.1. The number of likely N-dealkylation sites (N-methyl/N-ethyl adjacent to an activating group) is 1. The molecular formula is C13H16F2N2O2. The number of phenols is 1. The predicted molar refractivity (Wildman–Crippen MR) is 66.3 cm³/mol. The monoisotopic (exact) mass is 270 g/mol. The summed E-state index contributed by atoms with van der Waals surface area (Å²) in [6, 6.07) is 1.43. The zero-order valence-electron chi connectivity index (χ0n) is 10.7. The molecule has 0 aliphatic carbocycles. The summed E-state index contributed by atoms with van der Waals surface area (Å²) in [7, 11) is 1.99. The number of phenolic OH excluding ortho intramolecular Hbond substituents is 1. The third-order valence-corrected chi connectivity index (χ3v) is 3.29. The molecule has 0 bridgehead atoms. The summed E-state index contributed by atoms with van der Waals surface area (Å²) in [4.78, 5) is 16.0. The van der Waals surface area contributed by atoms with E-state index in [1.165, 1.54) is 0 Å². The number of rotatable bonds is 3. The topological polar surface area (TPSA) is 43.8 Å². The number of Topliss-reactive ketones (excluding diaryl/α,β-unsaturated/α-hetero) is 1. The van der Waals surface area contributed by atoms with Crippen molar-refractivity contribution < 1.29 is 18.7 Å². The number of halogens is 2. The molecule has 6 heteroatoms. The molecule has 1 fully saturated rings. The van der Waals surface area contributed by atoms with Crippen molar-refractivity contribution in [1.82, 2.24) is 9.80 Å². The van der Waals surface area contributed by atoms with E-state index >= 15 is 0 Å². The first kappa shape index (κ1) is 13.9. The minimum atomic E-state index is -1.11. The Balaban J connectivity index is 2.08. The van der Waals surface area contributed by atoms with Gasteiger partial charge in [0.25, 0.3) is 0 Å². The van der Waals surface area contributed by atoms with Crippen LogP contribution >= 0.6 is 0 Å². The molecule has 0 spiro atoms. The van der Waals surface area contributed by atoms with Crippen LogP contribution in [0.3, 0.4) is 0 Å². The van der Waals surface area contributed by atoms with Gasteiger partial charge >= 0.3 is 0 Å². The Kier molecular flexibility index (Phi) is 4.11. The van der Waals surface area contributed by atoms with Crippen molar-refractivity contribution in [1.29, 1.82) is 0 Å². The average molecular weight is 270 g/mol. The fourth-order valence-corrected chi connectivity index (χ4v) is 2.07. The van der Waals surface area contributed by atoms with Crippen molar-refractivity contribution >= 4 is 5.78 Å². The standard InChI is InChI=1S/C13H16F2N2O2/c1-16-2-4-17(5-3-16)8-12(18)10-6-9(14)7-11(15)13(10)19/h6-7,19H,2-5,8H2,1H3. The zero-order chi connectivity index (χ0) is 14.0. The van der Waals surface area contributed by atoms with E-state index in [4.69, 9.17) is 0 Å². The minimum Gasteiger partial charge on any atom is -0.504 e. The van der Waals surface area contributed by atoms with E-state index in [2.05, 4.69) is 4.90 Å². The number of carbonyl (C=O) groups is 1. The van der Waals surface area contributed by atoms with Crippen molar-refractivity contribution in [3.05, 3.63) is 29.3 Å². The maximum Gasteiger partial charge on any atom is 0.180 e. The number of ketones is 1. The third kappa shape index (κ3) is 3.27. The summed E-state index contributed by atoms with van der Waals surface area (Å²) in [6.45, 7) is 3.19. The molecule has 104 valence electrons. The Hall–Kier alpha value is -1.53. The molecule has 0 amide bonds. The Morgan fingerprint density at radius 3 is 2.53 bits per heavy atom. The molecule has 1 heterocycles. The fraction of sp³-hybridized carbons (Fsp3) is 0.462. The van der Waals surface area contributed by atoms with Gasteiger partial charge in [0.05, 0.1) is 12.1 Å². The van der Waals surface area contributed by atoms with E-state index in [1.54, 1.807) is 0 Å². The predicted octanol–water partition coefficient (Wildman–Crippen LogP) is 1.10. The number of aromatic hydroxyl groups is 1. The van der Waals surface area contributed by atoms with Crippen LogP contribution in [0.5, 0.6) is 5.75 Å². The van der Waals surface area contributed by atoms with Crippen LogP contribution in [0.4, 0.5) is 8.78 Å². The third-order valence-electron chi connectivity index (χ3n) is 3.29. The highest BCUT2D eigenvalue weighted by Gasteiger charge is 2.21. The molecule has 1 aromatic carbocycles. The Labute approximate surface area is 110 Å². The second kappa shape index (κ2) is 5.63. The average Bonchev–Trinajstić information content (AvgIpc) is 2.36. The van der Waals surface area contributed by atoms with Gasteiger partial charge in [-0.1, -0.05) is 0 Å². The molecule has 1 aliphatic rings. The van der Waals surface area contributed by atoms with Gasteiger partial charge in [0.1, 0.15) is 5.82 Å². The summed E-state index contributed by atoms with van der Waals surface area (Å²) >= 11 is 0. The van der Waals surface area contributed by atoms with Crippen LogP contribution in [0.25, 0.3) is 0 Å². The summed E-state index contributed by atoms with van der Waals surface area (Å²) in [5.74, 6) is -3.22. The smallest absolute Gasteiger partial charge is 0.180 e. The zero-order valence-corrected chi connectivity index (χ0v) is 10.7. The second-order valence-electron chi connectivity index (χ2n) is 4.79. The van der Waals surface area contributed by atoms with Crippen LogP contribution in [0.1, 0.15) is 10.4 Å². The normalized spacial score (nSPS) is 17.6. The molecule has 0 unspecified atom stereocenters. The molecule has 2 rings (SSSR count). The van der Waals surface area contributed by atoms with Crippen molar-refractivity contribution in [2.45, 2.75) is 0 Å². The minimum absolute atomic E-state index is 0.0598. The molecule has 1 aromatic rings. The number of nitrogens with zero attached hydrogens (tertiary/aromatic N) is 2. The number of benzene rings is 1. The SMILES string of the molecule is CN1CCN(CC(=O)c2cc(F)cc(F)c2O)CC1. The van der Waals surface area contributed by atoms with E-state index in [1.807, 2.05) is 11.9 Å². The van der Waals surface area contributed by atoms with Crippen LogP contribution in [-0.2, 0) is 0 Å². The van der Waals surface area contributed by atoms with Gasteiger partial charge in [0.15, 0.2) is 17.3 Å². The molecule has 1 saturated heterocycles. The fourth-order valence-electron chi connectivity index (χ4n) is 2.07. The first-order valence-corrected chi connectivity index (χ1v) is 6.09. The maximum atomic E-state index is 13.2. The summed E-state index contributed by atoms with van der Waals surface area (Å²) < 4.78 is 26.2. The molecule has 4 nitrogen and oxygen atoms in total. The van der Waals surface area contributed by atoms with E-state index < -0.39 is 23.2 Å². The Morgan fingerprint density at radius 2 is 1.89 bits per heavy atom. The van der Waals surface area contributed by atoms with Crippen molar-refractivity contribution in [3.8, 4) is 5.75 Å². The summed E-state index contributed by atoms with van der Waals surface area (Å²) in [5.41, 5.74) is -0.295. The van der Waals surface area contributed by atoms with Gasteiger partial charge in [0.2, 0.25) is 0 Å². The van der Waals surface area contributed by atoms with E-state index in [9.17, 15) is 18.7 Å². The Morgan fingerprint density at radius 1 is 1.26 bits per heavy atom. The van der Waals surface area contributed by atoms with E-state index in [-0.39, 0.29) is 12.1 Å². The van der Waals surface area contributed by atoms with Gasteiger partial charge in [-0.3, -0.25) is 9.69 Å². The lowest BCUT2D eigenvalue weighted by molar-refractivity contribution is 0.0872. The van der Waals surface area contributed by atoms with Crippen LogP contribution in [0, 0.1) is 11.6 Å². The van der Waals surface area contributed by atoms with Gasteiger partial charge in [0, 0.05) is 32.2 Å². The van der Waals surface area contributed by atoms with Gasteiger partial charge in [-0.2, -0.15) is 0 Å². The quantitative estimate of drug-likeness (QED) is 0.835. The summed E-state index contributed by atoms with van der Waals surface area (Å²) in [6.07, 6.45) is 0. The highest BCUT2D eigenvalue weighted by molar-refractivity contribution is 6.00. The van der Waals surface area contributed by atoms with Crippen LogP contribution in [0.2, 0.25) is 0 Å². The highest BCUT2D eigenvalue weighted by atomic mass is 19.1. The molecule has 19 heavy (non-hydrogen) atoms. The van der Waals surface area contributed by atoms with Gasteiger partial charge in [-0.05, 0) is 13.1 Å². The molecular weight excluding hydrogens is 254 g/mol. The van der Waals surface area contributed by atoms with Gasteiger partial charge in [-0.15, -0.1) is 0 Å². The van der Waals surface area contributed by atoms with Crippen molar-refractivity contribution in [3.63, 3.8) is 0 Å². The van der Waals surface area contributed by atoms with Crippen LogP contribution in [-0.4, -0.2) is 60.5 Å². The molecule has 1 aliphatic heterocycles. The Bertz CT molecular complexity index is 486. The van der Waals surface area contributed by atoms with E-state index in [0.717, 1.165) is 32.2 Å². The lowest BCUT2D eigenvalue weighted by Crippen LogP contribution is -2.46. The molecule has 0 saturated carbocycles. The van der Waals surface area contributed by atoms with Gasteiger partial charge < -0.3 is 10.0 Å². The molecule has 1 N–H and O–H groups in total. The lowest BCUT2D eigenvalue weighted by Gasteiger charge is -2.31. The molecule has 0 radical (unpaired) electrons. The first-order valence-electron chi connectivity index (χ1n) is 6.09. The van der Waals surface area contributed by atoms with E-state index in [0.29, 0.717) is 6.07 Å². The molecule has 0 aromatic heterocycles. The number of carbonyl (C=O) groups excluding carboxylic acids is 1. The van der Waals surface area contributed by atoms with Crippen LogP contribution in [0.15, 0.2) is 12.1 Å². The number of piperazine rings is 1. The number of hydrogen-bond acceptors (Lipinski definition) is 4. The van der Waals surface area contributed by atoms with Crippen molar-refractivity contribution in [2.75, 3.05) is 39.8 Å². The summed E-state index contributed by atoms with van der Waals surface area (Å²) in [5, 5.41) is 9.47. The highest BCUT2D eigenvalue weighted by Crippen LogP contribution is 2.23. The number of hydrogen-bond donors (Lipinski definition) is 1. The van der Waals surface area contributed by atoms with Crippen molar-refractivity contribution in [2.24, 2.45) is 0 Å². The maximum absolute atomic E-state index is 13.2. The van der Waals surface area contributed by atoms with Crippen LogP contribution < -0.4 is 0 Å². The second-order valence-corrected chi connectivity index (χ2v) is 4.79. The van der Waals surface area contributed by atoms with Gasteiger partial charge in [-0.25, -0.2) is 8.78 Å². The molecule has 0 atom stereocenters.